The van der Waals surface area contributed by atoms with Gasteiger partial charge in [0.15, 0.2) is 0 Å². The number of hydrogen-bond donors (Lipinski definition) is 2. The van der Waals surface area contributed by atoms with Crippen molar-refractivity contribution in [2.45, 2.75) is 0 Å². The van der Waals surface area contributed by atoms with E-state index in [1.165, 1.54) is 0 Å². The number of primary amides is 1. The fraction of sp³-hybridized carbons (Fsp3) is 0.182. The predicted octanol–water partition coefficient (Wildman–Crippen LogP) is 2.33. The van der Waals surface area contributed by atoms with E-state index in [4.69, 9.17) is 10.7 Å². The molecule has 0 spiro atoms. The summed E-state index contributed by atoms with van der Waals surface area (Å²) in [5.41, 5.74) is 8.91. The van der Waals surface area contributed by atoms with E-state index in [-0.39, 0.29) is 5.91 Å². The molecule has 0 bridgehead atoms. The Bertz CT molecular complexity index is 1270. The summed E-state index contributed by atoms with van der Waals surface area (Å²) in [5, 5.41) is 4.41. The van der Waals surface area contributed by atoms with E-state index in [2.05, 4.69) is 10.3 Å². The molecule has 29 heavy (non-hydrogen) atoms. The van der Waals surface area contributed by atoms with E-state index in [0.717, 1.165) is 11.9 Å². The third kappa shape index (κ3) is 3.48. The van der Waals surface area contributed by atoms with Gasteiger partial charge in [-0.25, -0.2) is 9.97 Å². The second kappa shape index (κ2) is 7.44. The second-order valence-corrected chi connectivity index (χ2v) is 7.15. The first-order chi connectivity index (χ1) is 14.0. The number of aromatic nitrogens is 2. The number of para-hydroxylation sites is 1. The number of nitrogens with two attached hydrogens (primary N) is 1. The SMILES string of the molecule is CN(C)CCNC(=O)c1cccc2nc3ccc4c(C(N)=O)cccc4c3nc12. The molecule has 0 aliphatic rings. The van der Waals surface area contributed by atoms with Gasteiger partial charge in [-0.15, -0.1) is 0 Å². The van der Waals surface area contributed by atoms with Crippen LogP contribution in [0.3, 0.4) is 0 Å². The van der Waals surface area contributed by atoms with E-state index in [1.54, 1.807) is 24.3 Å². The van der Waals surface area contributed by atoms with Gasteiger partial charge in [0.25, 0.3) is 5.91 Å². The largest absolute Gasteiger partial charge is 0.366 e. The number of nitrogens with zero attached hydrogens (tertiary/aromatic N) is 3. The summed E-state index contributed by atoms with van der Waals surface area (Å²) >= 11 is 0. The lowest BCUT2D eigenvalue weighted by Crippen LogP contribution is -2.31. The number of hydrogen-bond acceptors (Lipinski definition) is 5. The molecule has 0 atom stereocenters. The Morgan fingerprint density at radius 3 is 2.38 bits per heavy atom. The van der Waals surface area contributed by atoms with Crippen LogP contribution >= 0.6 is 0 Å². The minimum Gasteiger partial charge on any atom is -0.366 e. The first-order valence-corrected chi connectivity index (χ1v) is 9.30. The molecule has 1 heterocycles. The van der Waals surface area contributed by atoms with Crippen molar-refractivity contribution in [1.82, 2.24) is 20.2 Å². The fourth-order valence-electron chi connectivity index (χ4n) is 3.41. The Hall–Kier alpha value is -3.58. The van der Waals surface area contributed by atoms with Crippen LogP contribution in [0.25, 0.3) is 32.8 Å². The van der Waals surface area contributed by atoms with Gasteiger partial charge in [-0.2, -0.15) is 0 Å². The first kappa shape index (κ1) is 18.8. The maximum atomic E-state index is 12.7. The minimum atomic E-state index is -0.496. The maximum absolute atomic E-state index is 12.7. The normalized spacial score (nSPS) is 11.4. The van der Waals surface area contributed by atoms with Crippen molar-refractivity contribution in [2.24, 2.45) is 5.73 Å². The molecule has 0 saturated carbocycles. The molecule has 7 nitrogen and oxygen atoms in total. The van der Waals surface area contributed by atoms with Crippen LogP contribution in [0.1, 0.15) is 20.7 Å². The summed E-state index contributed by atoms with van der Waals surface area (Å²) in [6, 6.07) is 14.4. The number of likely N-dealkylation sites (N-methyl/N-ethyl adjacent to an activating group) is 1. The highest BCUT2D eigenvalue weighted by Gasteiger charge is 2.15. The topological polar surface area (TPSA) is 101 Å². The van der Waals surface area contributed by atoms with Gasteiger partial charge in [0.2, 0.25) is 5.91 Å². The molecule has 0 saturated heterocycles. The van der Waals surface area contributed by atoms with Crippen molar-refractivity contribution in [3.8, 4) is 0 Å². The molecule has 3 N–H and O–H groups in total. The maximum Gasteiger partial charge on any atom is 0.253 e. The highest BCUT2D eigenvalue weighted by molar-refractivity contribution is 6.15. The molecule has 0 radical (unpaired) electrons. The van der Waals surface area contributed by atoms with Crippen LogP contribution in [-0.4, -0.2) is 53.9 Å². The van der Waals surface area contributed by atoms with Crippen molar-refractivity contribution in [3.05, 3.63) is 59.7 Å². The van der Waals surface area contributed by atoms with Crippen LogP contribution < -0.4 is 11.1 Å². The van der Waals surface area contributed by atoms with Gasteiger partial charge in [0.05, 0.1) is 22.1 Å². The van der Waals surface area contributed by atoms with Gasteiger partial charge in [-0.05, 0) is 43.7 Å². The molecule has 0 fully saturated rings. The average molecular weight is 387 g/mol. The highest BCUT2D eigenvalue weighted by Crippen LogP contribution is 2.28. The number of benzene rings is 3. The summed E-state index contributed by atoms with van der Waals surface area (Å²) in [6.45, 7) is 1.28. The van der Waals surface area contributed by atoms with E-state index in [0.29, 0.717) is 45.1 Å². The molecule has 1 aromatic heterocycles. The molecular weight excluding hydrogens is 366 g/mol. The van der Waals surface area contributed by atoms with Crippen LogP contribution in [0, 0.1) is 0 Å². The minimum absolute atomic E-state index is 0.191. The van der Waals surface area contributed by atoms with Crippen LogP contribution in [0.4, 0.5) is 0 Å². The molecule has 2 amide bonds. The molecule has 146 valence electrons. The lowest BCUT2D eigenvalue weighted by Gasteiger charge is -2.12. The van der Waals surface area contributed by atoms with Gasteiger partial charge in [0.1, 0.15) is 5.52 Å². The predicted molar refractivity (Wildman–Crippen MR) is 114 cm³/mol. The summed E-state index contributed by atoms with van der Waals surface area (Å²) in [4.78, 5) is 36.0. The Labute approximate surface area is 167 Å². The van der Waals surface area contributed by atoms with Crippen LogP contribution in [0.2, 0.25) is 0 Å². The van der Waals surface area contributed by atoms with Crippen molar-refractivity contribution < 1.29 is 9.59 Å². The smallest absolute Gasteiger partial charge is 0.253 e. The number of carbonyl (C=O) groups excluding carboxylic acids is 2. The van der Waals surface area contributed by atoms with Gasteiger partial charge in [0, 0.05) is 24.0 Å². The molecule has 4 aromatic rings. The van der Waals surface area contributed by atoms with E-state index in [1.807, 2.05) is 43.3 Å². The molecule has 3 aromatic carbocycles. The molecule has 4 rings (SSSR count). The summed E-state index contributed by atoms with van der Waals surface area (Å²) in [7, 11) is 3.90. The number of amides is 2. The first-order valence-electron chi connectivity index (χ1n) is 9.30. The number of nitrogens with one attached hydrogen (secondary N) is 1. The Morgan fingerprint density at radius 1 is 0.897 bits per heavy atom. The third-order valence-corrected chi connectivity index (χ3v) is 4.85. The summed E-state index contributed by atoms with van der Waals surface area (Å²) in [6.07, 6.45) is 0. The zero-order valence-corrected chi connectivity index (χ0v) is 16.3. The Morgan fingerprint density at radius 2 is 1.62 bits per heavy atom. The molecule has 0 aliphatic heterocycles. The monoisotopic (exact) mass is 387 g/mol. The fourth-order valence-corrected chi connectivity index (χ4v) is 3.41. The van der Waals surface area contributed by atoms with Crippen molar-refractivity contribution in [1.29, 1.82) is 0 Å². The Balaban J connectivity index is 1.89. The Kier molecular flexibility index (Phi) is 4.82. The second-order valence-electron chi connectivity index (χ2n) is 7.15. The molecule has 7 heteroatoms. The van der Waals surface area contributed by atoms with Crippen molar-refractivity contribution in [2.75, 3.05) is 27.2 Å². The van der Waals surface area contributed by atoms with Gasteiger partial charge < -0.3 is 16.0 Å². The molecular formula is C22H21N5O2. The third-order valence-electron chi connectivity index (χ3n) is 4.85. The average Bonchev–Trinajstić information content (AvgIpc) is 2.70. The van der Waals surface area contributed by atoms with Crippen molar-refractivity contribution in [3.63, 3.8) is 0 Å². The van der Waals surface area contributed by atoms with Gasteiger partial charge in [-0.3, -0.25) is 9.59 Å². The van der Waals surface area contributed by atoms with E-state index >= 15 is 0 Å². The van der Waals surface area contributed by atoms with Crippen LogP contribution in [0.5, 0.6) is 0 Å². The van der Waals surface area contributed by atoms with Gasteiger partial charge >= 0.3 is 0 Å². The van der Waals surface area contributed by atoms with Crippen LogP contribution in [-0.2, 0) is 0 Å². The summed E-state index contributed by atoms with van der Waals surface area (Å²) in [5.74, 6) is -0.686. The van der Waals surface area contributed by atoms with Crippen molar-refractivity contribution >= 4 is 44.7 Å². The van der Waals surface area contributed by atoms with Crippen LogP contribution in [0.15, 0.2) is 48.5 Å². The highest BCUT2D eigenvalue weighted by atomic mass is 16.2. The van der Waals surface area contributed by atoms with E-state index < -0.39 is 5.91 Å². The van der Waals surface area contributed by atoms with Gasteiger partial charge in [-0.1, -0.05) is 24.3 Å². The zero-order valence-electron chi connectivity index (χ0n) is 16.3. The lowest BCUT2D eigenvalue weighted by atomic mass is 10.0. The number of fused-ring (bicyclic) bond motifs is 4. The summed E-state index contributed by atoms with van der Waals surface area (Å²) < 4.78 is 0. The number of carbonyl (C=O) groups is 2. The lowest BCUT2D eigenvalue weighted by molar-refractivity contribution is 0.0951. The standard InChI is InChI=1S/C22H21N5O2/c1-27(2)12-11-24-22(29)16-7-4-8-17-20(16)26-19-14-5-3-6-15(21(23)28)13(14)9-10-18(19)25-17/h3-10H,11-12H2,1-2H3,(H2,23,28)(H,24,29). The quantitative estimate of drug-likeness (QED) is 0.404. The zero-order chi connectivity index (χ0) is 20.5. The number of rotatable bonds is 5. The van der Waals surface area contributed by atoms with E-state index in [9.17, 15) is 9.59 Å². The molecule has 0 aliphatic carbocycles. The molecule has 0 unspecified atom stereocenters.